The van der Waals surface area contributed by atoms with Crippen molar-refractivity contribution in [2.24, 2.45) is 0 Å². The number of aromatic hydroxyl groups is 2. The monoisotopic (exact) mass is 206 g/mol. The van der Waals surface area contributed by atoms with Gasteiger partial charge in [0.15, 0.2) is 11.5 Å². The molecule has 0 radical (unpaired) electrons. The summed E-state index contributed by atoms with van der Waals surface area (Å²) in [5.74, 6) is -0.153. The van der Waals surface area contributed by atoms with E-state index in [0.717, 1.165) is 6.42 Å². The molecule has 0 aromatic heterocycles. The topological polar surface area (TPSA) is 60.7 Å². The maximum absolute atomic E-state index is 8.77. The van der Waals surface area contributed by atoms with Crippen LogP contribution >= 0.6 is 0 Å². The lowest BCUT2D eigenvalue weighted by Crippen LogP contribution is -2.00. The number of allylic oxidation sites excluding steroid dienone is 2. The Bertz CT molecular complexity index is 335. The van der Waals surface area contributed by atoms with E-state index >= 15 is 0 Å². The van der Waals surface area contributed by atoms with E-state index in [1.165, 1.54) is 12.1 Å². The zero-order valence-corrected chi connectivity index (χ0v) is 8.24. The van der Waals surface area contributed by atoms with Gasteiger partial charge in [0, 0.05) is 0 Å². The van der Waals surface area contributed by atoms with Crippen molar-refractivity contribution in [1.82, 2.24) is 0 Å². The molecular weight excluding hydrogens is 192 g/mol. The summed E-state index contributed by atoms with van der Waals surface area (Å²) in [6, 6.07) is 6.15. The summed E-state index contributed by atoms with van der Waals surface area (Å²) in [5.41, 5.74) is 0. The molecule has 3 heteroatoms. The molecule has 2 rings (SSSR count). The minimum atomic E-state index is -0.231. The molecule has 1 aromatic carbocycles. The Labute approximate surface area is 88.6 Å². The first-order valence-corrected chi connectivity index (χ1v) is 4.68. The summed E-state index contributed by atoms with van der Waals surface area (Å²) < 4.78 is 0. The molecule has 0 aliphatic heterocycles. The molecule has 0 heterocycles. The van der Waals surface area contributed by atoms with Crippen molar-refractivity contribution >= 4 is 0 Å². The van der Waals surface area contributed by atoms with Gasteiger partial charge in [-0.1, -0.05) is 36.4 Å². The van der Waals surface area contributed by atoms with Gasteiger partial charge < -0.3 is 15.3 Å². The fraction of sp³-hybridized carbons (Fsp3) is 0.167. The van der Waals surface area contributed by atoms with Gasteiger partial charge in [0.1, 0.15) is 0 Å². The fourth-order valence-electron chi connectivity index (χ4n) is 1.03. The van der Waals surface area contributed by atoms with Crippen LogP contribution in [-0.2, 0) is 0 Å². The van der Waals surface area contributed by atoms with Crippen molar-refractivity contribution in [2.45, 2.75) is 12.5 Å². The normalized spacial score (nSPS) is 18.1. The number of phenols is 2. The highest BCUT2D eigenvalue weighted by Gasteiger charge is 1.95. The van der Waals surface area contributed by atoms with Crippen LogP contribution in [0.3, 0.4) is 0 Å². The number of aliphatic hydroxyl groups excluding tert-OH is 1. The van der Waals surface area contributed by atoms with Crippen LogP contribution in [0.15, 0.2) is 48.6 Å². The molecule has 0 fully saturated rings. The van der Waals surface area contributed by atoms with E-state index in [9.17, 15) is 0 Å². The van der Waals surface area contributed by atoms with E-state index in [2.05, 4.69) is 0 Å². The molecule has 1 unspecified atom stereocenters. The number of phenolic OH excluding ortho intramolecular Hbond substituents is 2. The van der Waals surface area contributed by atoms with Crippen molar-refractivity contribution < 1.29 is 15.3 Å². The van der Waals surface area contributed by atoms with Crippen LogP contribution in [0.2, 0.25) is 0 Å². The number of para-hydroxylation sites is 2. The van der Waals surface area contributed by atoms with Gasteiger partial charge in [0.25, 0.3) is 0 Å². The van der Waals surface area contributed by atoms with Crippen molar-refractivity contribution in [3.8, 4) is 11.5 Å². The largest absolute Gasteiger partial charge is 0.504 e. The molecule has 0 saturated heterocycles. The number of benzene rings is 1. The van der Waals surface area contributed by atoms with E-state index in [-0.39, 0.29) is 17.6 Å². The van der Waals surface area contributed by atoms with Crippen molar-refractivity contribution in [3.63, 3.8) is 0 Å². The van der Waals surface area contributed by atoms with Gasteiger partial charge in [0.05, 0.1) is 6.10 Å². The Morgan fingerprint density at radius 1 is 1.00 bits per heavy atom. The van der Waals surface area contributed by atoms with E-state index in [0.29, 0.717) is 0 Å². The summed E-state index contributed by atoms with van der Waals surface area (Å²) in [5, 5.41) is 26.1. The zero-order chi connectivity index (χ0) is 11.1. The minimum absolute atomic E-state index is 0.0764. The lowest BCUT2D eigenvalue weighted by Gasteiger charge is -2.01. The van der Waals surface area contributed by atoms with Crippen LogP contribution < -0.4 is 0 Å². The van der Waals surface area contributed by atoms with E-state index in [1.807, 2.05) is 18.2 Å². The predicted octanol–water partition coefficient (Wildman–Crippen LogP) is 1.96. The fourth-order valence-corrected chi connectivity index (χ4v) is 1.03. The van der Waals surface area contributed by atoms with Crippen molar-refractivity contribution in [1.29, 1.82) is 0 Å². The Kier molecular flexibility index (Phi) is 4.44. The van der Waals surface area contributed by atoms with Gasteiger partial charge in [-0.05, 0) is 18.6 Å². The smallest absolute Gasteiger partial charge is 0.157 e. The van der Waals surface area contributed by atoms with Crippen LogP contribution in [-0.4, -0.2) is 21.4 Å². The quantitative estimate of drug-likeness (QED) is 0.569. The first-order chi connectivity index (χ1) is 7.20. The Balaban J connectivity index is 0.000000151. The van der Waals surface area contributed by atoms with E-state index in [1.54, 1.807) is 18.2 Å². The number of hydrogen-bond donors (Lipinski definition) is 3. The molecule has 15 heavy (non-hydrogen) atoms. The Morgan fingerprint density at radius 2 is 1.60 bits per heavy atom. The number of aliphatic hydroxyl groups is 1. The number of rotatable bonds is 0. The lowest BCUT2D eigenvalue weighted by molar-refractivity contribution is 0.225. The van der Waals surface area contributed by atoms with Gasteiger partial charge in [-0.3, -0.25) is 0 Å². The molecular formula is C12H14O3. The molecule has 1 atom stereocenters. The van der Waals surface area contributed by atoms with Gasteiger partial charge >= 0.3 is 0 Å². The molecule has 0 saturated carbocycles. The number of hydrogen-bond acceptors (Lipinski definition) is 3. The molecule has 1 aliphatic rings. The average Bonchev–Trinajstić information content (AvgIpc) is 2.25. The minimum Gasteiger partial charge on any atom is -0.504 e. The summed E-state index contributed by atoms with van der Waals surface area (Å²) in [7, 11) is 0. The third kappa shape index (κ3) is 4.33. The Hall–Kier alpha value is -1.74. The highest BCUT2D eigenvalue weighted by Crippen LogP contribution is 2.21. The summed E-state index contributed by atoms with van der Waals surface area (Å²) in [4.78, 5) is 0. The first kappa shape index (κ1) is 11.3. The lowest BCUT2D eigenvalue weighted by atomic mass is 10.1. The Morgan fingerprint density at radius 3 is 1.87 bits per heavy atom. The highest BCUT2D eigenvalue weighted by atomic mass is 16.3. The summed E-state index contributed by atoms with van der Waals surface area (Å²) in [6.07, 6.45) is 8.06. The van der Waals surface area contributed by atoms with Crippen LogP contribution in [0.25, 0.3) is 0 Å². The average molecular weight is 206 g/mol. The SMILES string of the molecule is OC1C=CC=CC1.Oc1ccccc1O. The van der Waals surface area contributed by atoms with Crippen LogP contribution in [0.1, 0.15) is 6.42 Å². The van der Waals surface area contributed by atoms with Crippen molar-refractivity contribution in [3.05, 3.63) is 48.6 Å². The van der Waals surface area contributed by atoms with Gasteiger partial charge in [-0.25, -0.2) is 0 Å². The van der Waals surface area contributed by atoms with Crippen LogP contribution in [0.5, 0.6) is 11.5 Å². The molecule has 0 amide bonds. The van der Waals surface area contributed by atoms with Crippen LogP contribution in [0.4, 0.5) is 0 Å². The van der Waals surface area contributed by atoms with Gasteiger partial charge in [-0.15, -0.1) is 0 Å². The standard InChI is InChI=1S/C6H6O2.C6H8O/c7-5-3-1-2-4-6(5)8;7-6-4-2-1-3-5-6/h1-4,7-8H;1-4,6-7H,5H2. The maximum Gasteiger partial charge on any atom is 0.157 e. The maximum atomic E-state index is 8.77. The zero-order valence-electron chi connectivity index (χ0n) is 8.24. The molecule has 3 N–H and O–H groups in total. The van der Waals surface area contributed by atoms with Gasteiger partial charge in [0.2, 0.25) is 0 Å². The van der Waals surface area contributed by atoms with E-state index in [4.69, 9.17) is 15.3 Å². The molecule has 80 valence electrons. The first-order valence-electron chi connectivity index (χ1n) is 4.68. The molecule has 0 spiro atoms. The third-order valence-corrected chi connectivity index (χ3v) is 1.84. The predicted molar refractivity (Wildman–Crippen MR) is 58.7 cm³/mol. The molecule has 3 nitrogen and oxygen atoms in total. The second-order valence-corrected chi connectivity index (χ2v) is 3.10. The van der Waals surface area contributed by atoms with Crippen molar-refractivity contribution in [2.75, 3.05) is 0 Å². The summed E-state index contributed by atoms with van der Waals surface area (Å²) >= 11 is 0. The molecule has 0 bridgehead atoms. The van der Waals surface area contributed by atoms with Gasteiger partial charge in [-0.2, -0.15) is 0 Å². The van der Waals surface area contributed by atoms with Crippen LogP contribution in [0, 0.1) is 0 Å². The second-order valence-electron chi connectivity index (χ2n) is 3.10. The highest BCUT2D eigenvalue weighted by molar-refractivity contribution is 5.36. The molecule has 1 aliphatic carbocycles. The second kappa shape index (κ2) is 5.88. The summed E-state index contributed by atoms with van der Waals surface area (Å²) in [6.45, 7) is 0. The molecule has 1 aromatic rings. The third-order valence-electron chi connectivity index (χ3n) is 1.84. The van der Waals surface area contributed by atoms with E-state index < -0.39 is 0 Å².